The summed E-state index contributed by atoms with van der Waals surface area (Å²) in [6, 6.07) is 1.67. The Morgan fingerprint density at radius 2 is 1.91 bits per heavy atom. The number of aryl methyl sites for hydroxylation is 2. The van der Waals surface area contributed by atoms with E-state index >= 15 is 0 Å². The lowest BCUT2D eigenvalue weighted by molar-refractivity contribution is 0.0988. The van der Waals surface area contributed by atoms with Gasteiger partial charge in [-0.25, -0.2) is 9.97 Å². The van der Waals surface area contributed by atoms with Crippen LogP contribution in [0.15, 0.2) is 11.2 Å². The Morgan fingerprint density at radius 3 is 2.43 bits per heavy atom. The molecule has 2 aromatic heterocycles. The molecular formula is C16H20N4O2S. The zero-order chi connectivity index (χ0) is 17.3. The highest BCUT2D eigenvalue weighted by molar-refractivity contribution is 8.00. The average molecular weight is 332 g/mol. The van der Waals surface area contributed by atoms with Crippen molar-refractivity contribution in [1.29, 1.82) is 0 Å². The number of nitrogens with zero attached hydrogens (tertiary/aromatic N) is 2. The van der Waals surface area contributed by atoms with E-state index in [4.69, 9.17) is 5.73 Å². The highest BCUT2D eigenvalue weighted by Crippen LogP contribution is 2.26. The van der Waals surface area contributed by atoms with Crippen molar-refractivity contribution in [2.45, 2.75) is 45.0 Å². The van der Waals surface area contributed by atoms with Crippen molar-refractivity contribution in [2.75, 3.05) is 5.73 Å². The van der Waals surface area contributed by atoms with E-state index in [1.54, 1.807) is 26.8 Å². The van der Waals surface area contributed by atoms with E-state index in [2.05, 4.69) is 15.0 Å². The van der Waals surface area contributed by atoms with E-state index in [1.165, 1.54) is 18.7 Å². The monoisotopic (exact) mass is 332 g/mol. The summed E-state index contributed by atoms with van der Waals surface area (Å²) < 4.78 is 0. The van der Waals surface area contributed by atoms with Gasteiger partial charge < -0.3 is 10.7 Å². The Bertz CT molecular complexity index is 762. The van der Waals surface area contributed by atoms with Crippen molar-refractivity contribution in [1.82, 2.24) is 15.0 Å². The number of anilines is 1. The number of nitrogens with two attached hydrogens (primary N) is 1. The van der Waals surface area contributed by atoms with Crippen molar-refractivity contribution in [3.05, 3.63) is 34.3 Å². The number of ketones is 2. The molecule has 1 atom stereocenters. The molecule has 0 aromatic carbocycles. The molecule has 6 nitrogen and oxygen atoms in total. The molecule has 0 saturated carbocycles. The molecule has 3 N–H and O–H groups in total. The first-order chi connectivity index (χ1) is 10.7. The molecule has 0 aliphatic carbocycles. The summed E-state index contributed by atoms with van der Waals surface area (Å²) in [7, 11) is 0. The highest BCUT2D eigenvalue weighted by Gasteiger charge is 2.25. The van der Waals surface area contributed by atoms with E-state index in [0.29, 0.717) is 33.5 Å². The summed E-state index contributed by atoms with van der Waals surface area (Å²) in [5.41, 5.74) is 8.92. The molecule has 0 bridgehead atoms. The number of rotatable bonds is 5. The maximum atomic E-state index is 12.7. The third-order valence-corrected chi connectivity index (χ3v) is 4.50. The fraction of sp³-hybridized carbons (Fsp3) is 0.375. The number of carbonyl (C=O) groups is 2. The summed E-state index contributed by atoms with van der Waals surface area (Å²) in [4.78, 5) is 35.8. The van der Waals surface area contributed by atoms with Crippen LogP contribution in [0.1, 0.15) is 51.6 Å². The van der Waals surface area contributed by atoms with Gasteiger partial charge in [-0.05, 0) is 40.2 Å². The van der Waals surface area contributed by atoms with Gasteiger partial charge in [0.1, 0.15) is 5.82 Å². The molecule has 2 aromatic rings. The van der Waals surface area contributed by atoms with Gasteiger partial charge in [0.05, 0.1) is 10.9 Å². The molecular weight excluding hydrogens is 312 g/mol. The summed E-state index contributed by atoms with van der Waals surface area (Å²) in [5.74, 6) is 0.239. The Morgan fingerprint density at radius 1 is 1.26 bits per heavy atom. The number of carbonyl (C=O) groups excluding carboxylic acids is 2. The third-order valence-electron chi connectivity index (χ3n) is 3.54. The predicted molar refractivity (Wildman–Crippen MR) is 91.1 cm³/mol. The van der Waals surface area contributed by atoms with Gasteiger partial charge in [-0.3, -0.25) is 9.59 Å². The zero-order valence-corrected chi connectivity index (χ0v) is 14.7. The number of nitrogen functional groups attached to an aromatic ring is 1. The van der Waals surface area contributed by atoms with Crippen LogP contribution in [0.2, 0.25) is 0 Å². The predicted octanol–water partition coefficient (Wildman–Crippen LogP) is 2.88. The van der Waals surface area contributed by atoms with E-state index in [9.17, 15) is 9.59 Å². The largest absolute Gasteiger partial charge is 0.384 e. The number of aromatic nitrogens is 3. The fourth-order valence-electron chi connectivity index (χ4n) is 2.56. The van der Waals surface area contributed by atoms with Gasteiger partial charge in [0, 0.05) is 23.0 Å². The maximum absolute atomic E-state index is 12.7. The van der Waals surface area contributed by atoms with E-state index < -0.39 is 5.25 Å². The van der Waals surface area contributed by atoms with E-state index in [0.717, 1.165) is 5.69 Å². The van der Waals surface area contributed by atoms with Crippen LogP contribution in [0.25, 0.3) is 0 Å². The lowest BCUT2D eigenvalue weighted by atomic mass is 10.0. The van der Waals surface area contributed by atoms with Crippen LogP contribution in [-0.4, -0.2) is 31.8 Å². The van der Waals surface area contributed by atoms with Crippen LogP contribution in [0.5, 0.6) is 0 Å². The van der Waals surface area contributed by atoms with Gasteiger partial charge in [-0.1, -0.05) is 11.8 Å². The van der Waals surface area contributed by atoms with Crippen molar-refractivity contribution in [3.63, 3.8) is 0 Å². The van der Waals surface area contributed by atoms with Crippen molar-refractivity contribution in [3.8, 4) is 0 Å². The SMILES string of the molecule is CC(=O)c1c(C)[nH]c(C(=O)[C@@H](C)Sc2nc(C)cc(N)n2)c1C. The Labute approximate surface area is 139 Å². The maximum Gasteiger partial charge on any atom is 0.192 e. The molecule has 2 rings (SSSR count). The van der Waals surface area contributed by atoms with Gasteiger partial charge in [-0.2, -0.15) is 0 Å². The van der Waals surface area contributed by atoms with Crippen molar-refractivity contribution < 1.29 is 9.59 Å². The lowest BCUT2D eigenvalue weighted by Crippen LogP contribution is -2.16. The second-order valence-electron chi connectivity index (χ2n) is 5.52. The van der Waals surface area contributed by atoms with Crippen LogP contribution >= 0.6 is 11.8 Å². The van der Waals surface area contributed by atoms with Crippen LogP contribution in [0.3, 0.4) is 0 Å². The molecule has 122 valence electrons. The minimum absolute atomic E-state index is 0.0506. The molecule has 0 radical (unpaired) electrons. The number of Topliss-reactive ketones (excluding diaryl/α,β-unsaturated/α-hetero) is 2. The Balaban J connectivity index is 2.26. The van der Waals surface area contributed by atoms with Gasteiger partial charge in [0.2, 0.25) is 0 Å². The second kappa shape index (κ2) is 6.54. The number of hydrogen-bond acceptors (Lipinski definition) is 6. The molecule has 0 saturated heterocycles. The van der Waals surface area contributed by atoms with E-state index in [-0.39, 0.29) is 11.6 Å². The standard InChI is InChI=1S/C16H20N4O2S/c1-7-6-12(17)20-16(18-7)23-11(5)15(22)14-8(2)13(10(4)21)9(3)19-14/h6,11,19H,1-5H3,(H2,17,18,20)/t11-/m1/s1. The topological polar surface area (TPSA) is 102 Å². The van der Waals surface area contributed by atoms with Crippen LogP contribution < -0.4 is 5.73 Å². The molecule has 0 amide bonds. The Kier molecular flexibility index (Phi) is 4.89. The normalized spacial score (nSPS) is 12.2. The minimum atomic E-state index is -0.396. The van der Waals surface area contributed by atoms with Gasteiger partial charge in [0.15, 0.2) is 16.7 Å². The van der Waals surface area contributed by atoms with Gasteiger partial charge in [-0.15, -0.1) is 0 Å². The van der Waals surface area contributed by atoms with Crippen LogP contribution in [0, 0.1) is 20.8 Å². The van der Waals surface area contributed by atoms with E-state index in [1.807, 2.05) is 6.92 Å². The molecule has 7 heteroatoms. The molecule has 23 heavy (non-hydrogen) atoms. The molecule has 0 aliphatic rings. The summed E-state index contributed by atoms with van der Waals surface area (Å²) in [5, 5.41) is 0.0730. The number of hydrogen-bond donors (Lipinski definition) is 2. The molecule has 0 aliphatic heterocycles. The minimum Gasteiger partial charge on any atom is -0.384 e. The fourth-order valence-corrected chi connectivity index (χ4v) is 3.45. The van der Waals surface area contributed by atoms with Crippen molar-refractivity contribution >= 4 is 29.1 Å². The smallest absolute Gasteiger partial charge is 0.192 e. The van der Waals surface area contributed by atoms with Crippen LogP contribution in [0.4, 0.5) is 5.82 Å². The average Bonchev–Trinajstić information content (AvgIpc) is 2.71. The third kappa shape index (κ3) is 3.61. The molecule has 0 spiro atoms. The molecule has 0 unspecified atom stereocenters. The van der Waals surface area contributed by atoms with Gasteiger partial charge >= 0.3 is 0 Å². The number of aromatic amines is 1. The zero-order valence-electron chi connectivity index (χ0n) is 13.9. The van der Waals surface area contributed by atoms with Gasteiger partial charge in [0.25, 0.3) is 0 Å². The summed E-state index contributed by atoms with van der Waals surface area (Å²) in [6.45, 7) is 8.69. The Hall–Kier alpha value is -2.15. The summed E-state index contributed by atoms with van der Waals surface area (Å²) >= 11 is 1.25. The molecule has 2 heterocycles. The number of nitrogens with one attached hydrogen (secondary N) is 1. The first kappa shape index (κ1) is 17.2. The second-order valence-corrected chi connectivity index (χ2v) is 6.83. The summed E-state index contributed by atoms with van der Waals surface area (Å²) in [6.07, 6.45) is 0. The van der Waals surface area contributed by atoms with Crippen molar-refractivity contribution in [2.24, 2.45) is 0 Å². The number of thioether (sulfide) groups is 1. The highest BCUT2D eigenvalue weighted by atomic mass is 32.2. The quantitative estimate of drug-likeness (QED) is 0.496. The molecule has 0 fully saturated rings. The van der Waals surface area contributed by atoms with Crippen LogP contribution in [-0.2, 0) is 0 Å². The lowest BCUT2D eigenvalue weighted by Gasteiger charge is -2.10. The first-order valence-corrected chi connectivity index (χ1v) is 8.10. The number of H-pyrrole nitrogens is 1. The first-order valence-electron chi connectivity index (χ1n) is 7.22.